The van der Waals surface area contributed by atoms with Crippen molar-refractivity contribution in [1.82, 2.24) is 15.3 Å². The molecule has 1 aromatic heterocycles. The van der Waals surface area contributed by atoms with Crippen molar-refractivity contribution in [2.75, 3.05) is 24.5 Å². The molecule has 3 rings (SSSR count). The van der Waals surface area contributed by atoms with Crippen LogP contribution in [0.4, 0.5) is 5.82 Å². The van der Waals surface area contributed by atoms with Crippen LogP contribution in [-0.2, 0) is 0 Å². The van der Waals surface area contributed by atoms with Gasteiger partial charge in [0.05, 0.1) is 0 Å². The normalized spacial score (nSPS) is 26.8. The third-order valence-corrected chi connectivity index (χ3v) is 4.27. The monoisotopic (exact) mass is 262 g/mol. The van der Waals surface area contributed by atoms with Crippen molar-refractivity contribution in [3.05, 3.63) is 22.2 Å². The number of fused-ring (bicyclic) bond motifs is 1. The highest BCUT2D eigenvalue weighted by molar-refractivity contribution is 5.41. The Labute approximate surface area is 113 Å². The van der Waals surface area contributed by atoms with Crippen molar-refractivity contribution < 1.29 is 0 Å². The lowest BCUT2D eigenvalue weighted by Crippen LogP contribution is -2.46. The molecule has 0 spiro atoms. The van der Waals surface area contributed by atoms with Crippen LogP contribution in [0.5, 0.6) is 0 Å². The van der Waals surface area contributed by atoms with Crippen LogP contribution >= 0.6 is 0 Å². The van der Waals surface area contributed by atoms with E-state index in [0.717, 1.165) is 31.3 Å². The fourth-order valence-corrected chi connectivity index (χ4v) is 3.24. The predicted molar refractivity (Wildman–Crippen MR) is 75.7 cm³/mol. The molecule has 2 unspecified atom stereocenters. The van der Waals surface area contributed by atoms with Crippen molar-refractivity contribution in [1.29, 1.82) is 0 Å². The molecule has 5 nitrogen and oxygen atoms in total. The van der Waals surface area contributed by atoms with Gasteiger partial charge in [-0.25, -0.2) is 4.98 Å². The molecule has 0 radical (unpaired) electrons. The number of aromatic nitrogens is 2. The van der Waals surface area contributed by atoms with Gasteiger partial charge >= 0.3 is 0 Å². The zero-order valence-corrected chi connectivity index (χ0v) is 11.6. The first-order valence-electron chi connectivity index (χ1n) is 7.24. The van der Waals surface area contributed by atoms with Gasteiger partial charge in [0.1, 0.15) is 11.6 Å². The fourth-order valence-electron chi connectivity index (χ4n) is 3.24. The Morgan fingerprint density at radius 3 is 3.05 bits per heavy atom. The number of hydrogen-bond donors (Lipinski definition) is 2. The lowest BCUT2D eigenvalue weighted by molar-refractivity contribution is 0.382. The van der Waals surface area contributed by atoms with E-state index in [1.54, 1.807) is 6.07 Å². The molecule has 104 valence electrons. The average molecular weight is 262 g/mol. The summed E-state index contributed by atoms with van der Waals surface area (Å²) < 4.78 is 0. The number of anilines is 1. The Morgan fingerprint density at radius 1 is 1.42 bits per heavy atom. The van der Waals surface area contributed by atoms with Gasteiger partial charge in [-0.15, -0.1) is 0 Å². The van der Waals surface area contributed by atoms with Crippen molar-refractivity contribution >= 4 is 5.82 Å². The highest BCUT2D eigenvalue weighted by Crippen LogP contribution is 2.29. The minimum absolute atomic E-state index is 0.0400. The van der Waals surface area contributed by atoms with Crippen molar-refractivity contribution in [3.8, 4) is 0 Å². The first kappa shape index (κ1) is 12.7. The summed E-state index contributed by atoms with van der Waals surface area (Å²) >= 11 is 0. The molecule has 2 aliphatic rings. The maximum absolute atomic E-state index is 11.8. The van der Waals surface area contributed by atoms with E-state index < -0.39 is 0 Å². The van der Waals surface area contributed by atoms with E-state index in [-0.39, 0.29) is 11.5 Å². The molecule has 2 saturated heterocycles. The molecule has 2 atom stereocenters. The van der Waals surface area contributed by atoms with Gasteiger partial charge in [0, 0.05) is 37.7 Å². The van der Waals surface area contributed by atoms with Crippen LogP contribution in [-0.4, -0.2) is 35.6 Å². The number of hydrogen-bond acceptors (Lipinski definition) is 4. The number of nitrogens with zero attached hydrogens (tertiary/aromatic N) is 2. The molecule has 0 bridgehead atoms. The summed E-state index contributed by atoms with van der Waals surface area (Å²) in [6, 6.07) is 2.15. The van der Waals surface area contributed by atoms with Gasteiger partial charge in [0.2, 0.25) is 0 Å². The molecule has 19 heavy (non-hydrogen) atoms. The van der Waals surface area contributed by atoms with E-state index in [1.807, 2.05) is 0 Å². The van der Waals surface area contributed by atoms with Gasteiger partial charge in [-0.3, -0.25) is 4.79 Å². The Kier molecular flexibility index (Phi) is 3.31. The van der Waals surface area contributed by atoms with Crippen molar-refractivity contribution in [2.45, 2.75) is 38.6 Å². The van der Waals surface area contributed by atoms with E-state index in [4.69, 9.17) is 0 Å². The molecule has 0 aromatic carbocycles. The molecular weight excluding hydrogens is 240 g/mol. The van der Waals surface area contributed by atoms with Gasteiger partial charge in [-0.1, -0.05) is 13.8 Å². The van der Waals surface area contributed by atoms with Crippen LogP contribution in [0.15, 0.2) is 10.9 Å². The van der Waals surface area contributed by atoms with Crippen LogP contribution in [0.3, 0.4) is 0 Å². The number of nitrogens with one attached hydrogen (secondary N) is 2. The molecule has 5 heteroatoms. The van der Waals surface area contributed by atoms with Gasteiger partial charge in [0.15, 0.2) is 0 Å². The van der Waals surface area contributed by atoms with Crippen LogP contribution < -0.4 is 15.8 Å². The molecular formula is C14H22N4O. The Bertz CT molecular complexity index is 510. The predicted octanol–water partition coefficient (Wildman–Crippen LogP) is 1.08. The molecule has 2 aliphatic heterocycles. The number of H-pyrrole nitrogens is 1. The zero-order chi connectivity index (χ0) is 13.4. The van der Waals surface area contributed by atoms with Crippen LogP contribution in [0.1, 0.15) is 38.4 Å². The smallest absolute Gasteiger partial charge is 0.252 e. The SMILES string of the molecule is CC(C)c1nc(N2CCCC3CNCC32)cc(=O)[nH]1. The number of rotatable bonds is 2. The van der Waals surface area contributed by atoms with Gasteiger partial charge < -0.3 is 15.2 Å². The minimum atomic E-state index is -0.0400. The van der Waals surface area contributed by atoms with E-state index in [9.17, 15) is 4.79 Å². The summed E-state index contributed by atoms with van der Waals surface area (Å²) in [6.45, 7) is 7.23. The first-order chi connectivity index (χ1) is 9.15. The third-order valence-electron chi connectivity index (χ3n) is 4.27. The summed E-state index contributed by atoms with van der Waals surface area (Å²) in [5.74, 6) is 2.59. The maximum Gasteiger partial charge on any atom is 0.252 e. The second kappa shape index (κ2) is 4.96. The number of piperidine rings is 1. The van der Waals surface area contributed by atoms with Crippen LogP contribution in [0.2, 0.25) is 0 Å². The average Bonchev–Trinajstić information content (AvgIpc) is 2.85. The largest absolute Gasteiger partial charge is 0.352 e. The van der Waals surface area contributed by atoms with E-state index in [2.05, 4.69) is 34.0 Å². The molecule has 2 N–H and O–H groups in total. The van der Waals surface area contributed by atoms with Crippen molar-refractivity contribution in [3.63, 3.8) is 0 Å². The summed E-state index contributed by atoms with van der Waals surface area (Å²) in [7, 11) is 0. The van der Waals surface area contributed by atoms with Crippen molar-refractivity contribution in [2.24, 2.45) is 5.92 Å². The van der Waals surface area contributed by atoms with E-state index in [0.29, 0.717) is 12.0 Å². The van der Waals surface area contributed by atoms with Gasteiger partial charge in [-0.05, 0) is 18.8 Å². The minimum Gasteiger partial charge on any atom is -0.352 e. The van der Waals surface area contributed by atoms with Gasteiger partial charge in [0.25, 0.3) is 5.56 Å². The second-order valence-corrected chi connectivity index (χ2v) is 5.96. The lowest BCUT2D eigenvalue weighted by atomic mass is 9.92. The summed E-state index contributed by atoms with van der Waals surface area (Å²) in [5, 5.41) is 3.46. The highest BCUT2D eigenvalue weighted by atomic mass is 16.1. The zero-order valence-electron chi connectivity index (χ0n) is 11.6. The molecule has 0 amide bonds. The standard InChI is InChI=1S/C14H22N4O/c1-9(2)14-16-12(6-13(19)17-14)18-5-3-4-10-7-15-8-11(10)18/h6,9-11,15H,3-5,7-8H2,1-2H3,(H,16,17,19). The lowest BCUT2D eigenvalue weighted by Gasteiger charge is -2.38. The maximum atomic E-state index is 11.8. The fraction of sp³-hybridized carbons (Fsp3) is 0.714. The second-order valence-electron chi connectivity index (χ2n) is 5.96. The quantitative estimate of drug-likeness (QED) is 0.837. The van der Waals surface area contributed by atoms with Gasteiger partial charge in [-0.2, -0.15) is 0 Å². The molecule has 0 saturated carbocycles. The molecule has 2 fully saturated rings. The molecule has 3 heterocycles. The topological polar surface area (TPSA) is 61.0 Å². The molecule has 0 aliphatic carbocycles. The third kappa shape index (κ3) is 2.39. The Morgan fingerprint density at radius 2 is 2.26 bits per heavy atom. The van der Waals surface area contributed by atoms with E-state index in [1.165, 1.54) is 12.8 Å². The summed E-state index contributed by atoms with van der Waals surface area (Å²) in [6.07, 6.45) is 2.47. The number of aromatic amines is 1. The Hall–Kier alpha value is -1.36. The molecule has 1 aromatic rings. The van der Waals surface area contributed by atoms with Crippen LogP contribution in [0, 0.1) is 5.92 Å². The summed E-state index contributed by atoms with van der Waals surface area (Å²) in [4.78, 5) is 21.6. The Balaban J connectivity index is 1.94. The first-order valence-corrected chi connectivity index (χ1v) is 7.24. The summed E-state index contributed by atoms with van der Waals surface area (Å²) in [5.41, 5.74) is -0.0400. The van der Waals surface area contributed by atoms with Crippen LogP contribution in [0.25, 0.3) is 0 Å². The highest BCUT2D eigenvalue weighted by Gasteiger charge is 2.35. The van der Waals surface area contributed by atoms with E-state index >= 15 is 0 Å².